The number of aromatic nitrogens is 1. The van der Waals surface area contributed by atoms with Crippen molar-refractivity contribution >= 4 is 12.2 Å². The molecule has 1 aliphatic carbocycles. The maximum absolute atomic E-state index is 12.0. The molecule has 3 heteroatoms. The molecule has 0 bridgehead atoms. The van der Waals surface area contributed by atoms with Crippen LogP contribution < -0.4 is 16.5 Å². The number of oxazole rings is 1. The molecular weight excluding hydrogens is 226 g/mol. The van der Waals surface area contributed by atoms with Crippen LogP contribution in [0.15, 0.2) is 9.21 Å². The van der Waals surface area contributed by atoms with E-state index >= 15 is 0 Å². The zero-order chi connectivity index (χ0) is 13.4. The van der Waals surface area contributed by atoms with Crippen molar-refractivity contribution in [1.82, 2.24) is 4.57 Å². The first kappa shape index (κ1) is 13.2. The number of hydrogen-bond donors (Lipinski definition) is 0. The Morgan fingerprint density at radius 3 is 2.22 bits per heavy atom. The third kappa shape index (κ3) is 2.31. The molecule has 1 aromatic rings. The van der Waals surface area contributed by atoms with E-state index in [1.807, 2.05) is 13.8 Å². The lowest BCUT2D eigenvalue weighted by molar-refractivity contribution is 0.211. The van der Waals surface area contributed by atoms with Gasteiger partial charge < -0.3 is 4.42 Å². The fourth-order valence-electron chi connectivity index (χ4n) is 3.29. The highest BCUT2D eigenvalue weighted by atomic mass is 16.4. The third-order valence-corrected chi connectivity index (χ3v) is 3.91. The minimum absolute atomic E-state index is 0.248. The molecule has 100 valence electrons. The molecule has 0 N–H and O–H groups in total. The molecule has 1 saturated carbocycles. The first-order valence-corrected chi connectivity index (χ1v) is 6.78. The Morgan fingerprint density at radius 2 is 1.78 bits per heavy atom. The molecule has 0 aromatic carbocycles. The summed E-state index contributed by atoms with van der Waals surface area (Å²) in [7, 11) is 0. The fourth-order valence-corrected chi connectivity index (χ4v) is 3.29. The Labute approximate surface area is 108 Å². The fraction of sp³-hybridized carbons (Fsp3) is 0.667. The summed E-state index contributed by atoms with van der Waals surface area (Å²) in [4.78, 5) is 12.0. The zero-order valence-electron chi connectivity index (χ0n) is 11.8. The molecule has 18 heavy (non-hydrogen) atoms. The van der Waals surface area contributed by atoms with Gasteiger partial charge in [-0.1, -0.05) is 20.4 Å². The van der Waals surface area contributed by atoms with E-state index in [1.54, 1.807) is 4.57 Å². The molecule has 2 unspecified atom stereocenters. The second-order valence-corrected chi connectivity index (χ2v) is 6.09. The summed E-state index contributed by atoms with van der Waals surface area (Å²) in [5.41, 5.74) is 1.67. The number of nitrogens with zero attached hydrogens (tertiary/aromatic N) is 1. The van der Waals surface area contributed by atoms with Gasteiger partial charge in [-0.25, -0.2) is 4.79 Å². The van der Waals surface area contributed by atoms with Gasteiger partial charge in [-0.15, -0.1) is 0 Å². The van der Waals surface area contributed by atoms with Gasteiger partial charge in [0.05, 0.1) is 5.35 Å². The predicted octanol–water partition coefficient (Wildman–Crippen LogP) is 2.04. The highest BCUT2D eigenvalue weighted by molar-refractivity contribution is 5.34. The zero-order valence-corrected chi connectivity index (χ0v) is 11.8. The van der Waals surface area contributed by atoms with Crippen molar-refractivity contribution in [2.75, 3.05) is 0 Å². The minimum Gasteiger partial charge on any atom is -0.408 e. The number of hydrogen-bond acceptors (Lipinski definition) is 2. The molecule has 0 spiro atoms. The summed E-state index contributed by atoms with van der Waals surface area (Å²) < 4.78 is 7.11. The Bertz CT molecular complexity index is 579. The van der Waals surface area contributed by atoms with Gasteiger partial charge in [0.25, 0.3) is 0 Å². The Kier molecular flexibility index (Phi) is 3.51. The quantitative estimate of drug-likeness (QED) is 0.763. The predicted molar refractivity (Wildman–Crippen MR) is 73.7 cm³/mol. The van der Waals surface area contributed by atoms with Gasteiger partial charge in [-0.3, -0.25) is 4.57 Å². The summed E-state index contributed by atoms with van der Waals surface area (Å²) >= 11 is 0. The van der Waals surface area contributed by atoms with E-state index in [0.29, 0.717) is 17.3 Å². The van der Waals surface area contributed by atoms with Gasteiger partial charge in [-0.05, 0) is 50.5 Å². The van der Waals surface area contributed by atoms with Crippen LogP contribution in [0, 0.1) is 11.8 Å². The van der Waals surface area contributed by atoms with Crippen LogP contribution in [0.25, 0.3) is 12.2 Å². The second-order valence-electron chi connectivity index (χ2n) is 6.09. The molecule has 1 heterocycles. The van der Waals surface area contributed by atoms with Crippen molar-refractivity contribution < 1.29 is 4.42 Å². The molecular formula is C15H23NO2. The maximum atomic E-state index is 12.0. The summed E-state index contributed by atoms with van der Waals surface area (Å²) in [6.45, 7) is 12.4. The van der Waals surface area contributed by atoms with Crippen molar-refractivity contribution in [2.45, 2.75) is 53.0 Å². The molecule has 0 aliphatic heterocycles. The van der Waals surface area contributed by atoms with Crippen molar-refractivity contribution in [3.8, 4) is 0 Å². The highest BCUT2D eigenvalue weighted by Crippen LogP contribution is 2.34. The Morgan fingerprint density at radius 1 is 1.22 bits per heavy atom. The first-order chi connectivity index (χ1) is 8.40. The summed E-state index contributed by atoms with van der Waals surface area (Å²) in [6.07, 6.45) is 3.35. The van der Waals surface area contributed by atoms with E-state index in [4.69, 9.17) is 4.42 Å². The molecule has 2 rings (SSSR count). The van der Waals surface area contributed by atoms with Gasteiger partial charge in [0.1, 0.15) is 0 Å². The first-order valence-electron chi connectivity index (χ1n) is 6.78. The van der Waals surface area contributed by atoms with E-state index in [2.05, 4.69) is 20.4 Å². The minimum atomic E-state index is -0.248. The van der Waals surface area contributed by atoms with Gasteiger partial charge >= 0.3 is 5.76 Å². The summed E-state index contributed by atoms with van der Waals surface area (Å²) in [6, 6.07) is 0.251. The molecule has 2 atom stereocenters. The van der Waals surface area contributed by atoms with Gasteiger partial charge in [0.2, 0.25) is 0 Å². The van der Waals surface area contributed by atoms with Crippen molar-refractivity contribution in [3.63, 3.8) is 0 Å². The van der Waals surface area contributed by atoms with Crippen LogP contribution in [0.2, 0.25) is 0 Å². The van der Waals surface area contributed by atoms with E-state index in [-0.39, 0.29) is 11.8 Å². The maximum Gasteiger partial charge on any atom is 0.420 e. The van der Waals surface area contributed by atoms with E-state index in [9.17, 15) is 4.79 Å². The molecule has 1 fully saturated rings. The van der Waals surface area contributed by atoms with Crippen LogP contribution in [0.5, 0.6) is 0 Å². The lowest BCUT2D eigenvalue weighted by Crippen LogP contribution is -2.37. The largest absolute Gasteiger partial charge is 0.420 e. The summed E-state index contributed by atoms with van der Waals surface area (Å²) in [5, 5.41) is 0.742. The van der Waals surface area contributed by atoms with Crippen LogP contribution in [0.3, 0.4) is 0 Å². The smallest absolute Gasteiger partial charge is 0.408 e. The summed E-state index contributed by atoms with van der Waals surface area (Å²) in [5.74, 6) is 1.08. The van der Waals surface area contributed by atoms with E-state index in [1.165, 1.54) is 6.42 Å². The standard InChI is InChI=1S/C15H23NO2/c1-9(2)14-12(5)16(15(17)18-14)13-7-10(3)6-11(4)8-13/h10-11,13H,5-8H2,1-4H3. The van der Waals surface area contributed by atoms with Crippen LogP contribution in [0.4, 0.5) is 0 Å². The van der Waals surface area contributed by atoms with Crippen LogP contribution in [-0.2, 0) is 0 Å². The van der Waals surface area contributed by atoms with Crippen molar-refractivity contribution in [2.24, 2.45) is 11.8 Å². The average molecular weight is 249 g/mol. The van der Waals surface area contributed by atoms with Crippen LogP contribution in [-0.4, -0.2) is 4.57 Å². The van der Waals surface area contributed by atoms with Gasteiger partial charge in [-0.2, -0.15) is 0 Å². The normalized spacial score (nSPS) is 28.3. The van der Waals surface area contributed by atoms with Crippen LogP contribution >= 0.6 is 0 Å². The van der Waals surface area contributed by atoms with E-state index in [0.717, 1.165) is 23.8 Å². The SMILES string of the molecule is C=c1c(=C(C)C)oc(=O)n1C1CC(C)CC(C)C1. The van der Waals surface area contributed by atoms with Gasteiger partial charge in [0.15, 0.2) is 5.42 Å². The average Bonchev–Trinajstić information content (AvgIpc) is 2.52. The monoisotopic (exact) mass is 249 g/mol. The molecule has 0 radical (unpaired) electrons. The van der Waals surface area contributed by atoms with Gasteiger partial charge in [0, 0.05) is 6.04 Å². The molecule has 0 amide bonds. The highest BCUT2D eigenvalue weighted by Gasteiger charge is 2.27. The second kappa shape index (κ2) is 4.79. The third-order valence-electron chi connectivity index (χ3n) is 3.91. The van der Waals surface area contributed by atoms with Crippen molar-refractivity contribution in [1.29, 1.82) is 0 Å². The van der Waals surface area contributed by atoms with E-state index < -0.39 is 0 Å². The molecule has 0 saturated heterocycles. The van der Waals surface area contributed by atoms with Crippen molar-refractivity contribution in [3.05, 3.63) is 21.3 Å². The lowest BCUT2D eigenvalue weighted by Gasteiger charge is -2.31. The van der Waals surface area contributed by atoms with Crippen LogP contribution in [0.1, 0.15) is 53.0 Å². The molecule has 1 aliphatic rings. The topological polar surface area (TPSA) is 35.1 Å². The lowest BCUT2D eigenvalue weighted by atomic mass is 9.80. The number of rotatable bonds is 1. The Hall–Kier alpha value is -1.25. The molecule has 3 nitrogen and oxygen atoms in total. The molecule has 1 aromatic heterocycles. The Balaban J connectivity index is 2.50.